The number of ether oxygens (including phenoxy) is 2. The van der Waals surface area contributed by atoms with Crippen molar-refractivity contribution in [3.05, 3.63) is 59.2 Å². The van der Waals surface area contributed by atoms with Crippen LogP contribution in [-0.4, -0.2) is 58.7 Å². The van der Waals surface area contributed by atoms with Crippen molar-refractivity contribution in [3.8, 4) is 11.5 Å². The molecule has 1 saturated heterocycles. The Bertz CT molecular complexity index is 1090. The number of benzene rings is 2. The molecule has 3 aliphatic carbocycles. The van der Waals surface area contributed by atoms with Crippen LogP contribution in [0.15, 0.2) is 42.5 Å². The molecule has 5 nitrogen and oxygen atoms in total. The zero-order chi connectivity index (χ0) is 22.9. The number of aryl methyl sites for hydroxylation is 1. The summed E-state index contributed by atoms with van der Waals surface area (Å²) < 4.78 is 13.1. The lowest BCUT2D eigenvalue weighted by atomic mass is 9.48. The first-order chi connectivity index (χ1) is 16.6. The van der Waals surface area contributed by atoms with E-state index in [1.54, 1.807) is 6.07 Å². The van der Waals surface area contributed by atoms with Crippen LogP contribution in [0.4, 0.5) is 0 Å². The van der Waals surface area contributed by atoms with Gasteiger partial charge in [0, 0.05) is 24.8 Å². The average Bonchev–Trinajstić information content (AvgIpc) is 3.59. The summed E-state index contributed by atoms with van der Waals surface area (Å²) in [5, 5.41) is 23.2. The van der Waals surface area contributed by atoms with Gasteiger partial charge in [-0.2, -0.15) is 0 Å². The Labute approximate surface area is 201 Å². The van der Waals surface area contributed by atoms with E-state index in [9.17, 15) is 10.2 Å². The fourth-order valence-electron chi connectivity index (χ4n) is 7.76. The summed E-state index contributed by atoms with van der Waals surface area (Å²) in [5.74, 6) is 1.61. The number of rotatable bonds is 7. The fourth-order valence-corrected chi connectivity index (χ4v) is 7.76. The highest BCUT2D eigenvalue weighted by Gasteiger charge is 2.73. The number of aliphatic hydroxyl groups is 1. The van der Waals surface area contributed by atoms with Crippen molar-refractivity contribution in [2.45, 2.75) is 80.6 Å². The third-order valence-electron chi connectivity index (χ3n) is 9.49. The summed E-state index contributed by atoms with van der Waals surface area (Å²) in [6, 6.07) is 14.5. The molecule has 5 atom stereocenters. The van der Waals surface area contributed by atoms with Crippen molar-refractivity contribution in [1.29, 1.82) is 0 Å². The Morgan fingerprint density at radius 2 is 1.91 bits per heavy atom. The standard InChI is InChI=1S/C29H35NO4/c31-22-11-10-21-17-24-29(32)13-12-23(33-16-4-7-19-5-2-1-3-6-19)27-28(29,25(21)26(22)34-27)14-15-30(24)18-20-8-9-20/h1-3,5-6,10-11,20,23-24,27,31-32H,4,7-9,12-18H2/t23?,24-,27?,28+,29-/m1/s1. The van der Waals surface area contributed by atoms with Crippen LogP contribution in [0, 0.1) is 5.92 Å². The van der Waals surface area contributed by atoms with E-state index in [1.807, 2.05) is 0 Å². The molecule has 5 aliphatic rings. The van der Waals surface area contributed by atoms with Crippen molar-refractivity contribution in [1.82, 2.24) is 4.90 Å². The highest BCUT2D eigenvalue weighted by molar-refractivity contribution is 5.62. The van der Waals surface area contributed by atoms with Gasteiger partial charge in [-0.15, -0.1) is 0 Å². The molecule has 2 saturated carbocycles. The Morgan fingerprint density at radius 3 is 2.74 bits per heavy atom. The minimum atomic E-state index is -0.833. The Hall–Kier alpha value is -2.08. The number of phenols is 1. The first-order valence-corrected chi connectivity index (χ1v) is 13.2. The molecule has 0 radical (unpaired) electrons. The monoisotopic (exact) mass is 461 g/mol. The van der Waals surface area contributed by atoms with E-state index in [0.29, 0.717) is 12.4 Å². The first kappa shape index (κ1) is 21.2. The second-order valence-electron chi connectivity index (χ2n) is 11.3. The van der Waals surface area contributed by atoms with E-state index in [4.69, 9.17) is 9.47 Å². The van der Waals surface area contributed by atoms with E-state index >= 15 is 0 Å². The van der Waals surface area contributed by atoms with Crippen molar-refractivity contribution in [3.63, 3.8) is 0 Å². The maximum absolute atomic E-state index is 12.5. The molecule has 0 aromatic heterocycles. The van der Waals surface area contributed by atoms with Crippen LogP contribution in [0.2, 0.25) is 0 Å². The molecule has 2 aliphatic heterocycles. The predicted octanol–water partition coefficient (Wildman–Crippen LogP) is 3.97. The van der Waals surface area contributed by atoms with Gasteiger partial charge in [0.2, 0.25) is 0 Å². The van der Waals surface area contributed by atoms with Crippen LogP contribution in [0.5, 0.6) is 11.5 Å². The molecule has 1 spiro atoms. The van der Waals surface area contributed by atoms with Gasteiger partial charge in [-0.3, -0.25) is 4.90 Å². The van der Waals surface area contributed by atoms with Gasteiger partial charge in [-0.25, -0.2) is 0 Å². The van der Waals surface area contributed by atoms with Gasteiger partial charge < -0.3 is 19.7 Å². The second kappa shape index (κ2) is 7.71. The number of piperidine rings is 1. The Balaban J connectivity index is 1.18. The molecule has 2 N–H and O–H groups in total. The number of hydrogen-bond donors (Lipinski definition) is 2. The molecule has 0 amide bonds. The largest absolute Gasteiger partial charge is 0.504 e. The molecular formula is C29H35NO4. The topological polar surface area (TPSA) is 62.2 Å². The SMILES string of the molecule is Oc1ccc2c3c1OC1C(OCCCc4ccccc4)CC[C@@]4(O)[C@@H](C2)N(CC2CC2)CC[C@]314. The molecule has 2 aromatic rings. The Morgan fingerprint density at radius 1 is 1.06 bits per heavy atom. The van der Waals surface area contributed by atoms with Gasteiger partial charge >= 0.3 is 0 Å². The quantitative estimate of drug-likeness (QED) is 0.611. The van der Waals surface area contributed by atoms with Crippen molar-refractivity contribution < 1.29 is 19.7 Å². The maximum Gasteiger partial charge on any atom is 0.165 e. The molecule has 2 heterocycles. The first-order valence-electron chi connectivity index (χ1n) is 13.2. The lowest BCUT2D eigenvalue weighted by Crippen LogP contribution is -2.77. The van der Waals surface area contributed by atoms with Gasteiger partial charge in [0.15, 0.2) is 11.5 Å². The van der Waals surface area contributed by atoms with Crippen LogP contribution in [-0.2, 0) is 23.0 Å². The number of likely N-dealkylation sites (tertiary alicyclic amines) is 1. The van der Waals surface area contributed by atoms with Gasteiger partial charge in [-0.05, 0) is 81.0 Å². The lowest BCUT2D eigenvalue weighted by Gasteiger charge is -2.64. The maximum atomic E-state index is 12.5. The summed E-state index contributed by atoms with van der Waals surface area (Å²) in [7, 11) is 0. The summed E-state index contributed by atoms with van der Waals surface area (Å²) in [5.41, 5.74) is 2.35. The van der Waals surface area contributed by atoms with Gasteiger partial charge in [0.05, 0.1) is 17.1 Å². The number of phenolic OH excluding ortho intramolecular Hbond substituents is 1. The summed E-state index contributed by atoms with van der Waals surface area (Å²) in [6.45, 7) is 2.77. The average molecular weight is 462 g/mol. The normalized spacial score (nSPS) is 35.6. The molecule has 34 heavy (non-hydrogen) atoms. The summed E-state index contributed by atoms with van der Waals surface area (Å²) in [4.78, 5) is 2.58. The van der Waals surface area contributed by atoms with Crippen LogP contribution >= 0.6 is 0 Å². The van der Waals surface area contributed by atoms with E-state index in [-0.39, 0.29) is 24.0 Å². The van der Waals surface area contributed by atoms with Crippen LogP contribution in [0.25, 0.3) is 0 Å². The van der Waals surface area contributed by atoms with E-state index in [2.05, 4.69) is 41.3 Å². The van der Waals surface area contributed by atoms with Gasteiger partial charge in [-0.1, -0.05) is 36.4 Å². The minimum Gasteiger partial charge on any atom is -0.504 e. The fraction of sp³-hybridized carbons (Fsp3) is 0.586. The molecule has 3 fully saturated rings. The highest BCUT2D eigenvalue weighted by Crippen LogP contribution is 2.65. The molecular weight excluding hydrogens is 426 g/mol. The lowest BCUT2D eigenvalue weighted by molar-refractivity contribution is -0.215. The number of nitrogens with zero attached hydrogens (tertiary/aromatic N) is 1. The third-order valence-corrected chi connectivity index (χ3v) is 9.49. The smallest absolute Gasteiger partial charge is 0.165 e. The van der Waals surface area contributed by atoms with E-state index < -0.39 is 11.0 Å². The van der Waals surface area contributed by atoms with Crippen molar-refractivity contribution in [2.75, 3.05) is 19.7 Å². The minimum absolute atomic E-state index is 0.0653. The third kappa shape index (κ3) is 2.96. The van der Waals surface area contributed by atoms with Crippen molar-refractivity contribution >= 4 is 0 Å². The van der Waals surface area contributed by atoms with Crippen LogP contribution in [0.1, 0.15) is 55.2 Å². The number of hydrogen-bond acceptors (Lipinski definition) is 5. The Kier molecular flexibility index (Phi) is 4.81. The van der Waals surface area contributed by atoms with E-state index in [1.165, 1.54) is 24.0 Å². The van der Waals surface area contributed by atoms with Gasteiger partial charge in [0.1, 0.15) is 6.10 Å². The predicted molar refractivity (Wildman–Crippen MR) is 129 cm³/mol. The zero-order valence-electron chi connectivity index (χ0n) is 19.8. The zero-order valence-corrected chi connectivity index (χ0v) is 19.8. The van der Waals surface area contributed by atoms with Crippen LogP contribution < -0.4 is 4.74 Å². The summed E-state index contributed by atoms with van der Waals surface area (Å²) >= 11 is 0. The summed E-state index contributed by atoms with van der Waals surface area (Å²) in [6.07, 6.45) is 7.54. The molecule has 180 valence electrons. The highest BCUT2D eigenvalue weighted by atomic mass is 16.6. The molecule has 7 rings (SSSR count). The van der Waals surface area contributed by atoms with Crippen molar-refractivity contribution in [2.24, 2.45) is 5.92 Å². The molecule has 2 aromatic carbocycles. The molecule has 2 unspecified atom stereocenters. The van der Waals surface area contributed by atoms with Gasteiger partial charge in [0.25, 0.3) is 0 Å². The number of aromatic hydroxyl groups is 1. The second-order valence-corrected chi connectivity index (χ2v) is 11.3. The molecule has 5 heteroatoms. The van der Waals surface area contributed by atoms with Crippen LogP contribution in [0.3, 0.4) is 0 Å². The molecule has 2 bridgehead atoms. The van der Waals surface area contributed by atoms with E-state index in [0.717, 1.165) is 63.1 Å².